The number of benzene rings is 12. The van der Waals surface area contributed by atoms with Crippen LogP contribution < -0.4 is 0 Å². The first-order valence-corrected chi connectivity index (χ1v) is 27.2. The monoisotopic (exact) mass is 1000 g/mol. The summed E-state index contributed by atoms with van der Waals surface area (Å²) in [5.74, 6) is 0. The van der Waals surface area contributed by atoms with E-state index in [0.29, 0.717) is 0 Å². The van der Waals surface area contributed by atoms with Crippen molar-refractivity contribution in [3.63, 3.8) is 0 Å². The lowest BCUT2D eigenvalue weighted by atomic mass is 9.88. The van der Waals surface area contributed by atoms with E-state index in [9.17, 15) is 0 Å². The largest absolute Gasteiger partial charge is 0.456 e. The van der Waals surface area contributed by atoms with E-state index in [4.69, 9.17) is 8.83 Å². The SMILES string of the molecule is C=C/C=C\c1cc2c(cc1C)oc1ccc(-c3cc4c5ccccc5n5c6c(-c7ccccc7)c7c8cc(-c9ccc%10oc%11cc%12ccccc%12cc%11c%10c9)cc9c%10ccccc%10n(c7c(-c7ccccc7)c6c(c3)c45)c98)cc12. The van der Waals surface area contributed by atoms with Gasteiger partial charge in [-0.15, -0.1) is 0 Å². The summed E-state index contributed by atoms with van der Waals surface area (Å²) in [7, 11) is 0. The predicted molar refractivity (Wildman–Crippen MR) is 334 cm³/mol. The Morgan fingerprint density at radius 2 is 0.785 bits per heavy atom. The lowest BCUT2D eigenvalue weighted by Gasteiger charge is -2.16. The molecule has 6 aromatic heterocycles. The molecule has 18 aromatic rings. The molecular weight excluding hydrogens is 961 g/mol. The van der Waals surface area contributed by atoms with E-state index in [-0.39, 0.29) is 0 Å². The molecule has 0 aliphatic rings. The number of aryl methyl sites for hydroxylation is 1. The van der Waals surface area contributed by atoms with Gasteiger partial charge in [-0.25, -0.2) is 0 Å². The van der Waals surface area contributed by atoms with Crippen molar-refractivity contribution in [3.05, 3.63) is 248 Å². The van der Waals surface area contributed by atoms with Gasteiger partial charge in [0.2, 0.25) is 0 Å². The van der Waals surface area contributed by atoms with E-state index < -0.39 is 0 Å². The summed E-state index contributed by atoms with van der Waals surface area (Å²) < 4.78 is 18.3. The van der Waals surface area contributed by atoms with E-state index in [2.05, 4.69) is 247 Å². The minimum Gasteiger partial charge on any atom is -0.456 e. The Balaban J connectivity index is 1.01. The average molecular weight is 1010 g/mol. The maximum absolute atomic E-state index is 6.57. The lowest BCUT2D eigenvalue weighted by molar-refractivity contribution is 0.668. The molecule has 0 amide bonds. The molecule has 0 bridgehead atoms. The van der Waals surface area contributed by atoms with Crippen LogP contribution in [0.5, 0.6) is 0 Å². The van der Waals surface area contributed by atoms with E-state index >= 15 is 0 Å². The summed E-state index contributed by atoms with van der Waals surface area (Å²) in [5.41, 5.74) is 22.6. The van der Waals surface area contributed by atoms with Crippen LogP contribution in [0.1, 0.15) is 11.1 Å². The molecule has 4 nitrogen and oxygen atoms in total. The normalized spacial score (nSPS) is 12.6. The standard InChI is InChI=1S/C75H44N2O2/c1-3-4-17-45-33-56-54-35-48(28-30-64(54)78-66(56)32-42(45)2)50-37-58-52-24-13-15-26-62(52)76-72(58)60(39-50)70-68(43-18-7-5-8-19-43)75-71(69(74(70)76)44-20-9-6-10-21-44)61-40-51(38-59-53-25-14-16-27-63(53)77(75)73(59)61)49-29-31-65-55(36-49)57-34-46-22-11-12-23-47(46)41-67(57)79-65/h3-41H,1H2,2H3/b17-4-. The van der Waals surface area contributed by atoms with Crippen LogP contribution in [-0.2, 0) is 0 Å². The third-order valence-corrected chi connectivity index (χ3v) is 17.4. The fraction of sp³-hybridized carbons (Fsp3) is 0.0133. The van der Waals surface area contributed by atoms with Crippen molar-refractivity contribution in [1.29, 1.82) is 0 Å². The number of nitrogens with zero attached hydrogens (tertiary/aromatic N) is 2. The predicted octanol–water partition coefficient (Wildman–Crippen LogP) is 21.1. The Labute approximate surface area is 451 Å². The maximum Gasteiger partial charge on any atom is 0.136 e. The quantitative estimate of drug-likeness (QED) is 0.156. The molecular formula is C75H44N2O2. The van der Waals surface area contributed by atoms with Crippen molar-refractivity contribution in [2.24, 2.45) is 0 Å². The Morgan fingerprint density at radius 1 is 0.342 bits per heavy atom. The minimum atomic E-state index is 0.877. The Kier molecular flexibility index (Phi) is 8.44. The highest BCUT2D eigenvalue weighted by molar-refractivity contribution is 6.38. The number of hydrogen-bond acceptors (Lipinski definition) is 2. The summed E-state index contributed by atoms with van der Waals surface area (Å²) >= 11 is 0. The molecule has 0 N–H and O–H groups in total. The van der Waals surface area contributed by atoms with Gasteiger partial charge in [0.15, 0.2) is 0 Å². The van der Waals surface area contributed by atoms with Crippen molar-refractivity contribution < 1.29 is 8.83 Å². The third kappa shape index (κ3) is 5.76. The second-order valence-electron chi connectivity index (χ2n) is 21.6. The van der Waals surface area contributed by atoms with E-state index in [1.807, 2.05) is 12.2 Å². The van der Waals surface area contributed by atoms with Crippen LogP contribution in [0.3, 0.4) is 0 Å². The third-order valence-electron chi connectivity index (χ3n) is 17.4. The van der Waals surface area contributed by atoms with Crippen LogP contribution in [0.25, 0.3) is 181 Å². The highest BCUT2D eigenvalue weighted by atomic mass is 16.3. The Hall–Kier alpha value is -10.4. The van der Waals surface area contributed by atoms with Crippen LogP contribution in [0.15, 0.2) is 246 Å². The van der Waals surface area contributed by atoms with Crippen LogP contribution in [-0.4, -0.2) is 8.80 Å². The molecule has 0 saturated carbocycles. The molecule has 12 aromatic carbocycles. The summed E-state index contributed by atoms with van der Waals surface area (Å²) in [4.78, 5) is 0. The Morgan fingerprint density at radius 3 is 1.33 bits per heavy atom. The molecule has 366 valence electrons. The van der Waals surface area contributed by atoms with Gasteiger partial charge in [-0.2, -0.15) is 0 Å². The molecule has 0 radical (unpaired) electrons. The number of hydrogen-bond donors (Lipinski definition) is 0. The number of furan rings is 2. The zero-order valence-corrected chi connectivity index (χ0v) is 42.9. The van der Waals surface area contributed by atoms with Crippen molar-refractivity contribution in [3.8, 4) is 44.5 Å². The van der Waals surface area contributed by atoms with Crippen LogP contribution in [0.2, 0.25) is 0 Å². The fourth-order valence-corrected chi connectivity index (χ4v) is 14.0. The molecule has 0 fully saturated rings. The number of para-hydroxylation sites is 2. The highest BCUT2D eigenvalue weighted by Gasteiger charge is 2.31. The second kappa shape index (κ2) is 15.6. The first-order valence-electron chi connectivity index (χ1n) is 27.2. The molecule has 0 atom stereocenters. The van der Waals surface area contributed by atoms with Crippen molar-refractivity contribution >= 4 is 137 Å². The van der Waals surface area contributed by atoms with E-state index in [0.717, 1.165) is 71.7 Å². The number of allylic oxidation sites excluding steroid dienone is 2. The lowest BCUT2D eigenvalue weighted by Crippen LogP contribution is -1.93. The summed E-state index contributed by atoms with van der Waals surface area (Å²) in [6.45, 7) is 6.07. The van der Waals surface area contributed by atoms with Gasteiger partial charge in [-0.05, 0) is 147 Å². The summed E-state index contributed by atoms with van der Waals surface area (Å²) in [6.07, 6.45) is 5.95. The molecule has 0 spiro atoms. The van der Waals surface area contributed by atoms with Crippen molar-refractivity contribution in [1.82, 2.24) is 8.80 Å². The fourth-order valence-electron chi connectivity index (χ4n) is 14.0. The van der Waals surface area contributed by atoms with Crippen LogP contribution in [0, 0.1) is 6.92 Å². The van der Waals surface area contributed by atoms with Crippen LogP contribution >= 0.6 is 0 Å². The molecule has 0 aliphatic carbocycles. The van der Waals surface area contributed by atoms with Crippen molar-refractivity contribution in [2.45, 2.75) is 6.92 Å². The van der Waals surface area contributed by atoms with Gasteiger partial charge in [-0.1, -0.05) is 158 Å². The first kappa shape index (κ1) is 42.8. The smallest absolute Gasteiger partial charge is 0.136 e. The van der Waals surface area contributed by atoms with Gasteiger partial charge < -0.3 is 17.6 Å². The van der Waals surface area contributed by atoms with E-state index in [1.54, 1.807) is 0 Å². The van der Waals surface area contributed by atoms with Gasteiger partial charge >= 0.3 is 0 Å². The van der Waals surface area contributed by atoms with Gasteiger partial charge in [-0.3, -0.25) is 0 Å². The molecule has 6 heterocycles. The topological polar surface area (TPSA) is 35.1 Å². The maximum atomic E-state index is 6.57. The molecule has 0 saturated heterocycles. The zero-order chi connectivity index (χ0) is 51.8. The van der Waals surface area contributed by atoms with Gasteiger partial charge in [0.25, 0.3) is 0 Å². The number of aromatic nitrogens is 2. The molecule has 0 unspecified atom stereocenters. The van der Waals surface area contributed by atoms with Gasteiger partial charge in [0.1, 0.15) is 22.3 Å². The molecule has 18 rings (SSSR count). The number of fused-ring (bicyclic) bond motifs is 19. The van der Waals surface area contributed by atoms with Gasteiger partial charge in [0, 0.05) is 75.8 Å². The van der Waals surface area contributed by atoms with Crippen molar-refractivity contribution in [2.75, 3.05) is 0 Å². The minimum absolute atomic E-state index is 0.877. The first-order chi connectivity index (χ1) is 39.0. The average Bonchev–Trinajstić information content (AvgIpc) is 2.27. The van der Waals surface area contributed by atoms with E-state index in [1.165, 1.54) is 115 Å². The van der Waals surface area contributed by atoms with Crippen LogP contribution in [0.4, 0.5) is 0 Å². The summed E-state index contributed by atoms with van der Waals surface area (Å²) in [5, 5.41) is 16.7. The molecule has 79 heavy (non-hydrogen) atoms. The molecule has 4 heteroatoms. The highest BCUT2D eigenvalue weighted by Crippen LogP contribution is 2.55. The second-order valence-corrected chi connectivity index (χ2v) is 21.6. The number of rotatable bonds is 6. The van der Waals surface area contributed by atoms with Gasteiger partial charge in [0.05, 0.1) is 33.1 Å². The molecule has 0 aliphatic heterocycles. The zero-order valence-electron chi connectivity index (χ0n) is 42.9. The Bertz CT molecular complexity index is 5690. The summed E-state index contributed by atoms with van der Waals surface area (Å²) in [6, 6.07) is 81.1.